The number of nitrogens with one attached hydrogen (secondary N) is 1. The zero-order valence-electron chi connectivity index (χ0n) is 12.4. The molecule has 1 aliphatic heterocycles. The number of carbonyl (C=O) groups is 2. The van der Waals surface area contributed by atoms with E-state index in [9.17, 15) is 9.59 Å². The van der Waals surface area contributed by atoms with E-state index in [1.54, 1.807) is 10.9 Å². The molecule has 22 heavy (non-hydrogen) atoms. The summed E-state index contributed by atoms with van der Waals surface area (Å²) in [7, 11) is 0. The summed E-state index contributed by atoms with van der Waals surface area (Å²) in [5.74, 6) is -0.345. The standard InChI is InChI=1S/C14H18N6O2/c1-9-4-11(5-15)19(7-9)13(21)6-16-14(22)12-8-20(18-17-12)10-2-3-10/h8-11H,2-4,6-7H2,1H3,(H,16,22). The van der Waals surface area contributed by atoms with Crippen LogP contribution in [0.5, 0.6) is 0 Å². The zero-order chi connectivity index (χ0) is 15.7. The van der Waals surface area contributed by atoms with E-state index >= 15 is 0 Å². The number of aromatic nitrogens is 3. The molecule has 2 heterocycles. The van der Waals surface area contributed by atoms with Gasteiger partial charge in [-0.25, -0.2) is 4.68 Å². The lowest BCUT2D eigenvalue weighted by Gasteiger charge is -2.19. The molecule has 1 N–H and O–H groups in total. The van der Waals surface area contributed by atoms with Gasteiger partial charge < -0.3 is 10.2 Å². The van der Waals surface area contributed by atoms with Gasteiger partial charge in [0.2, 0.25) is 5.91 Å². The van der Waals surface area contributed by atoms with Crippen LogP contribution in [-0.2, 0) is 4.79 Å². The van der Waals surface area contributed by atoms with E-state index in [-0.39, 0.29) is 18.1 Å². The lowest BCUT2D eigenvalue weighted by molar-refractivity contribution is -0.130. The van der Waals surface area contributed by atoms with Gasteiger partial charge in [-0.1, -0.05) is 12.1 Å². The highest BCUT2D eigenvalue weighted by molar-refractivity contribution is 5.94. The Kier molecular flexibility index (Phi) is 3.79. The second-order valence-electron chi connectivity index (χ2n) is 6.03. The van der Waals surface area contributed by atoms with Crippen LogP contribution in [0.2, 0.25) is 0 Å². The summed E-state index contributed by atoms with van der Waals surface area (Å²) in [5.41, 5.74) is 0.214. The second-order valence-corrected chi connectivity index (χ2v) is 6.03. The molecular formula is C14H18N6O2. The average Bonchev–Trinajstić information content (AvgIpc) is 3.11. The third-order valence-electron chi connectivity index (χ3n) is 4.04. The molecule has 1 saturated carbocycles. The summed E-state index contributed by atoms with van der Waals surface area (Å²) in [6.07, 6.45) is 4.41. The van der Waals surface area contributed by atoms with Crippen molar-refractivity contribution in [2.24, 2.45) is 5.92 Å². The van der Waals surface area contributed by atoms with Gasteiger partial charge in [0.1, 0.15) is 6.04 Å². The summed E-state index contributed by atoms with van der Waals surface area (Å²) in [6.45, 7) is 2.44. The van der Waals surface area contributed by atoms with E-state index in [4.69, 9.17) is 5.26 Å². The Bertz CT molecular complexity index is 630. The van der Waals surface area contributed by atoms with Crippen LogP contribution >= 0.6 is 0 Å². The van der Waals surface area contributed by atoms with Crippen molar-refractivity contribution < 1.29 is 9.59 Å². The summed E-state index contributed by atoms with van der Waals surface area (Å²) < 4.78 is 1.69. The van der Waals surface area contributed by atoms with Gasteiger partial charge in [0.15, 0.2) is 5.69 Å². The first-order valence-corrected chi connectivity index (χ1v) is 7.47. The zero-order valence-corrected chi connectivity index (χ0v) is 12.4. The van der Waals surface area contributed by atoms with Crippen molar-refractivity contribution in [3.8, 4) is 6.07 Å². The van der Waals surface area contributed by atoms with E-state index in [1.807, 2.05) is 6.92 Å². The van der Waals surface area contributed by atoms with Gasteiger partial charge in [0, 0.05) is 6.54 Å². The lowest BCUT2D eigenvalue weighted by Crippen LogP contribution is -2.42. The van der Waals surface area contributed by atoms with E-state index in [2.05, 4.69) is 21.7 Å². The van der Waals surface area contributed by atoms with Crippen LogP contribution in [0.15, 0.2) is 6.20 Å². The fourth-order valence-electron chi connectivity index (χ4n) is 2.69. The summed E-state index contributed by atoms with van der Waals surface area (Å²) >= 11 is 0. The molecule has 2 aliphatic rings. The fourth-order valence-corrected chi connectivity index (χ4v) is 2.69. The number of hydrogen-bond donors (Lipinski definition) is 1. The normalized spacial score (nSPS) is 24.1. The molecule has 2 fully saturated rings. The molecule has 3 rings (SSSR count). The molecule has 2 unspecified atom stereocenters. The molecule has 1 aromatic heterocycles. The SMILES string of the molecule is CC1CC(C#N)N(C(=O)CNC(=O)c2cn(C3CC3)nn2)C1. The molecule has 0 radical (unpaired) electrons. The maximum absolute atomic E-state index is 12.1. The Hall–Kier alpha value is -2.43. The van der Waals surface area contributed by atoms with Crippen molar-refractivity contribution in [3.05, 3.63) is 11.9 Å². The highest BCUT2D eigenvalue weighted by Gasteiger charge is 2.33. The van der Waals surface area contributed by atoms with E-state index < -0.39 is 11.9 Å². The average molecular weight is 302 g/mol. The van der Waals surface area contributed by atoms with E-state index in [1.165, 1.54) is 4.90 Å². The lowest BCUT2D eigenvalue weighted by atomic mass is 10.1. The predicted molar refractivity (Wildman–Crippen MR) is 75.5 cm³/mol. The second kappa shape index (κ2) is 5.75. The molecule has 2 atom stereocenters. The van der Waals surface area contributed by atoms with Gasteiger partial charge in [0.25, 0.3) is 5.91 Å². The third kappa shape index (κ3) is 2.93. The predicted octanol–water partition coefficient (Wildman–Crippen LogP) is 0.103. The Morgan fingerprint density at radius 3 is 2.95 bits per heavy atom. The minimum atomic E-state index is -0.416. The van der Waals surface area contributed by atoms with Crippen LogP contribution < -0.4 is 5.32 Å². The van der Waals surface area contributed by atoms with Gasteiger partial charge in [0.05, 0.1) is 24.9 Å². The first-order chi connectivity index (χ1) is 10.6. The molecule has 1 aliphatic carbocycles. The molecule has 1 saturated heterocycles. The highest BCUT2D eigenvalue weighted by atomic mass is 16.2. The van der Waals surface area contributed by atoms with Gasteiger partial charge in [-0.05, 0) is 25.2 Å². The van der Waals surface area contributed by atoms with E-state index in [0.717, 1.165) is 12.8 Å². The Morgan fingerprint density at radius 2 is 2.27 bits per heavy atom. The van der Waals surface area contributed by atoms with Crippen LogP contribution in [-0.4, -0.2) is 50.8 Å². The van der Waals surface area contributed by atoms with Crippen LogP contribution in [0, 0.1) is 17.2 Å². The highest BCUT2D eigenvalue weighted by Crippen LogP contribution is 2.33. The molecule has 8 nitrogen and oxygen atoms in total. The number of carbonyl (C=O) groups excluding carboxylic acids is 2. The van der Waals surface area contributed by atoms with Crippen LogP contribution in [0.4, 0.5) is 0 Å². The van der Waals surface area contributed by atoms with Crippen molar-refractivity contribution >= 4 is 11.8 Å². The molecule has 0 aromatic carbocycles. The molecule has 0 spiro atoms. The number of nitrogens with zero attached hydrogens (tertiary/aromatic N) is 5. The Morgan fingerprint density at radius 1 is 1.50 bits per heavy atom. The van der Waals surface area contributed by atoms with Gasteiger partial charge in [-0.3, -0.25) is 9.59 Å². The first-order valence-electron chi connectivity index (χ1n) is 7.47. The van der Waals surface area contributed by atoms with Crippen LogP contribution in [0.3, 0.4) is 0 Å². The smallest absolute Gasteiger partial charge is 0.273 e. The molecule has 2 amide bonds. The van der Waals surface area contributed by atoms with Gasteiger partial charge >= 0.3 is 0 Å². The maximum Gasteiger partial charge on any atom is 0.273 e. The maximum atomic E-state index is 12.1. The monoisotopic (exact) mass is 302 g/mol. The third-order valence-corrected chi connectivity index (χ3v) is 4.04. The molecule has 1 aromatic rings. The topological polar surface area (TPSA) is 104 Å². The summed E-state index contributed by atoms with van der Waals surface area (Å²) in [6, 6.07) is 2.10. The van der Waals surface area contributed by atoms with Crippen molar-refractivity contribution in [3.63, 3.8) is 0 Å². The fraction of sp³-hybridized carbons (Fsp3) is 0.643. The minimum absolute atomic E-state index is 0.125. The first kappa shape index (κ1) is 14.5. The van der Waals surface area contributed by atoms with E-state index in [0.29, 0.717) is 24.9 Å². The molecule has 8 heteroatoms. The van der Waals surface area contributed by atoms with Crippen molar-refractivity contribution in [1.82, 2.24) is 25.2 Å². The largest absolute Gasteiger partial charge is 0.342 e. The summed E-state index contributed by atoms with van der Waals surface area (Å²) in [4.78, 5) is 25.6. The number of likely N-dealkylation sites (tertiary alicyclic amines) is 1. The minimum Gasteiger partial charge on any atom is -0.342 e. The number of amides is 2. The molecule has 116 valence electrons. The van der Waals surface area contributed by atoms with Crippen LogP contribution in [0.25, 0.3) is 0 Å². The number of hydrogen-bond acceptors (Lipinski definition) is 5. The number of rotatable bonds is 4. The quantitative estimate of drug-likeness (QED) is 0.849. The summed E-state index contributed by atoms with van der Waals surface area (Å²) in [5, 5.41) is 19.3. The van der Waals surface area contributed by atoms with Gasteiger partial charge in [-0.2, -0.15) is 5.26 Å². The van der Waals surface area contributed by atoms with Crippen LogP contribution in [0.1, 0.15) is 42.7 Å². The Labute approximate surface area is 128 Å². The van der Waals surface area contributed by atoms with Crippen molar-refractivity contribution in [1.29, 1.82) is 5.26 Å². The number of nitriles is 1. The molecular weight excluding hydrogens is 284 g/mol. The molecule has 0 bridgehead atoms. The van der Waals surface area contributed by atoms with Crippen molar-refractivity contribution in [2.45, 2.75) is 38.3 Å². The Balaban J connectivity index is 1.53. The van der Waals surface area contributed by atoms with Crippen molar-refractivity contribution in [2.75, 3.05) is 13.1 Å². The van der Waals surface area contributed by atoms with Gasteiger partial charge in [-0.15, -0.1) is 5.10 Å².